The smallest absolute Gasteiger partial charge is 0.262 e. The Bertz CT molecular complexity index is 1290. The number of amides is 1. The highest BCUT2D eigenvalue weighted by Gasteiger charge is 2.20. The highest BCUT2D eigenvalue weighted by atomic mass is 16.5. The van der Waals surface area contributed by atoms with E-state index in [0.29, 0.717) is 0 Å². The van der Waals surface area contributed by atoms with E-state index in [1.54, 1.807) is 0 Å². The molecule has 1 aliphatic heterocycles. The summed E-state index contributed by atoms with van der Waals surface area (Å²) in [5, 5.41) is 2.96. The van der Waals surface area contributed by atoms with Gasteiger partial charge in [0.1, 0.15) is 11.6 Å². The summed E-state index contributed by atoms with van der Waals surface area (Å²) in [5.41, 5.74) is 6.21. The molecule has 6 nitrogen and oxygen atoms in total. The molecule has 4 aromatic rings. The van der Waals surface area contributed by atoms with Gasteiger partial charge in [-0.15, -0.1) is 0 Å². The Kier molecular flexibility index (Phi) is 5.27. The summed E-state index contributed by atoms with van der Waals surface area (Å²) in [6.07, 6.45) is 0. The largest absolute Gasteiger partial charge is 0.483 e. The third kappa shape index (κ3) is 3.91. The van der Waals surface area contributed by atoms with Crippen molar-refractivity contribution >= 4 is 28.3 Å². The first-order valence-electron chi connectivity index (χ1n) is 10.9. The van der Waals surface area contributed by atoms with E-state index in [1.807, 2.05) is 50.2 Å². The van der Waals surface area contributed by atoms with Crippen molar-refractivity contribution in [2.45, 2.75) is 26.9 Å². The topological polar surface area (TPSA) is 59.4 Å². The van der Waals surface area contributed by atoms with E-state index in [-0.39, 0.29) is 12.5 Å². The molecule has 6 heteroatoms. The van der Waals surface area contributed by atoms with Crippen LogP contribution in [-0.4, -0.2) is 28.6 Å². The molecule has 0 saturated carbocycles. The van der Waals surface area contributed by atoms with Crippen LogP contribution in [0.25, 0.3) is 11.0 Å². The molecule has 0 spiro atoms. The van der Waals surface area contributed by atoms with Gasteiger partial charge in [-0.25, -0.2) is 4.98 Å². The van der Waals surface area contributed by atoms with Crippen LogP contribution in [0.5, 0.6) is 5.75 Å². The zero-order chi connectivity index (χ0) is 22.1. The molecular weight excluding hydrogens is 400 g/mol. The quantitative estimate of drug-likeness (QED) is 0.503. The van der Waals surface area contributed by atoms with Crippen molar-refractivity contribution in [3.63, 3.8) is 0 Å². The van der Waals surface area contributed by atoms with Crippen molar-refractivity contribution in [3.05, 3.63) is 83.7 Å². The van der Waals surface area contributed by atoms with Gasteiger partial charge in [0, 0.05) is 24.5 Å². The molecule has 0 fully saturated rings. The first-order chi connectivity index (χ1) is 15.6. The Balaban J connectivity index is 1.25. The van der Waals surface area contributed by atoms with E-state index in [2.05, 4.69) is 45.1 Å². The number of nitrogens with zero attached hydrogens (tertiary/aromatic N) is 3. The fourth-order valence-electron chi connectivity index (χ4n) is 4.22. The van der Waals surface area contributed by atoms with Crippen LogP contribution in [0, 0.1) is 13.8 Å². The molecule has 1 aromatic heterocycles. The van der Waals surface area contributed by atoms with Gasteiger partial charge in [0.25, 0.3) is 5.91 Å². The SMILES string of the molecule is Cc1cc(N2CCn3c(nc4ccccc43)C2)ccc1NC(=O)COc1ccccc1C. The highest BCUT2D eigenvalue weighted by Crippen LogP contribution is 2.28. The summed E-state index contributed by atoms with van der Waals surface area (Å²) < 4.78 is 7.97. The molecule has 1 amide bonds. The summed E-state index contributed by atoms with van der Waals surface area (Å²) in [6.45, 7) is 6.55. The van der Waals surface area contributed by atoms with Crippen molar-refractivity contribution in [2.75, 3.05) is 23.4 Å². The fraction of sp³-hybridized carbons (Fsp3) is 0.231. The van der Waals surface area contributed by atoms with E-state index >= 15 is 0 Å². The van der Waals surface area contributed by atoms with Gasteiger partial charge < -0.3 is 19.5 Å². The summed E-state index contributed by atoms with van der Waals surface area (Å²) >= 11 is 0. The third-order valence-electron chi connectivity index (χ3n) is 5.96. The predicted octanol–water partition coefficient (Wildman–Crippen LogP) is 4.69. The van der Waals surface area contributed by atoms with Crippen LogP contribution in [0.2, 0.25) is 0 Å². The minimum absolute atomic E-state index is 0.0195. The number of ether oxygens (including phenoxy) is 1. The van der Waals surface area contributed by atoms with Crippen LogP contribution < -0.4 is 15.0 Å². The summed E-state index contributed by atoms with van der Waals surface area (Å²) in [6, 6.07) is 22.1. The first kappa shape index (κ1) is 20.1. The second-order valence-electron chi connectivity index (χ2n) is 8.19. The number of benzene rings is 3. The van der Waals surface area contributed by atoms with Gasteiger partial charge in [0.15, 0.2) is 6.61 Å². The van der Waals surface area contributed by atoms with Crippen LogP contribution in [-0.2, 0) is 17.9 Å². The van der Waals surface area contributed by atoms with Crippen molar-refractivity contribution in [3.8, 4) is 5.75 Å². The number of carbonyl (C=O) groups excluding carboxylic acids is 1. The molecule has 0 bridgehead atoms. The number of hydrogen-bond acceptors (Lipinski definition) is 4. The summed E-state index contributed by atoms with van der Waals surface area (Å²) in [5.74, 6) is 1.64. The maximum atomic E-state index is 12.4. The number of anilines is 2. The molecule has 0 unspecified atom stereocenters. The number of carbonyl (C=O) groups is 1. The Hall–Kier alpha value is -3.80. The average molecular weight is 427 g/mol. The maximum Gasteiger partial charge on any atom is 0.262 e. The molecule has 5 rings (SSSR count). The lowest BCUT2D eigenvalue weighted by atomic mass is 10.1. The van der Waals surface area contributed by atoms with Crippen LogP contribution in [0.4, 0.5) is 11.4 Å². The number of para-hydroxylation sites is 3. The van der Waals surface area contributed by atoms with Crippen LogP contribution in [0.3, 0.4) is 0 Å². The Morgan fingerprint density at radius 3 is 2.66 bits per heavy atom. The molecule has 0 aliphatic carbocycles. The lowest BCUT2D eigenvalue weighted by molar-refractivity contribution is -0.118. The van der Waals surface area contributed by atoms with E-state index in [4.69, 9.17) is 9.72 Å². The van der Waals surface area contributed by atoms with Gasteiger partial charge in [-0.05, 0) is 61.4 Å². The second-order valence-corrected chi connectivity index (χ2v) is 8.19. The second kappa shape index (κ2) is 8.38. The zero-order valence-corrected chi connectivity index (χ0v) is 18.3. The van der Waals surface area contributed by atoms with Gasteiger partial charge in [-0.3, -0.25) is 4.79 Å². The van der Waals surface area contributed by atoms with E-state index in [1.165, 1.54) is 5.52 Å². The Morgan fingerprint density at radius 2 is 1.81 bits per heavy atom. The minimum atomic E-state index is -0.171. The molecule has 162 valence electrons. The van der Waals surface area contributed by atoms with Crippen LogP contribution in [0.15, 0.2) is 66.7 Å². The van der Waals surface area contributed by atoms with Crippen LogP contribution in [0.1, 0.15) is 17.0 Å². The van der Waals surface area contributed by atoms with E-state index in [9.17, 15) is 4.79 Å². The molecule has 3 aromatic carbocycles. The van der Waals surface area contributed by atoms with Gasteiger partial charge in [-0.2, -0.15) is 0 Å². The normalized spacial score (nSPS) is 13.1. The number of aryl methyl sites for hydroxylation is 2. The number of nitrogens with one attached hydrogen (secondary N) is 1. The van der Waals surface area contributed by atoms with E-state index < -0.39 is 0 Å². The molecular formula is C26H26N4O2. The van der Waals surface area contributed by atoms with E-state index in [0.717, 1.165) is 59.2 Å². The van der Waals surface area contributed by atoms with Crippen molar-refractivity contribution < 1.29 is 9.53 Å². The van der Waals surface area contributed by atoms with Gasteiger partial charge in [0.2, 0.25) is 0 Å². The van der Waals surface area contributed by atoms with Gasteiger partial charge >= 0.3 is 0 Å². The van der Waals surface area contributed by atoms with Gasteiger partial charge in [0.05, 0.1) is 17.6 Å². The first-order valence-corrected chi connectivity index (χ1v) is 10.9. The molecule has 0 saturated heterocycles. The fourth-order valence-corrected chi connectivity index (χ4v) is 4.22. The predicted molar refractivity (Wildman–Crippen MR) is 127 cm³/mol. The highest BCUT2D eigenvalue weighted by molar-refractivity contribution is 5.93. The molecule has 2 heterocycles. The monoisotopic (exact) mass is 426 g/mol. The van der Waals surface area contributed by atoms with Crippen molar-refractivity contribution in [2.24, 2.45) is 0 Å². The molecule has 0 radical (unpaired) electrons. The number of fused-ring (bicyclic) bond motifs is 3. The number of hydrogen-bond donors (Lipinski definition) is 1. The van der Waals surface area contributed by atoms with Crippen LogP contribution >= 0.6 is 0 Å². The minimum Gasteiger partial charge on any atom is -0.483 e. The lowest BCUT2D eigenvalue weighted by Gasteiger charge is -2.30. The third-order valence-corrected chi connectivity index (χ3v) is 5.96. The number of aromatic nitrogens is 2. The maximum absolute atomic E-state index is 12.4. The van der Waals surface area contributed by atoms with Crippen molar-refractivity contribution in [1.82, 2.24) is 9.55 Å². The number of imidazole rings is 1. The lowest BCUT2D eigenvalue weighted by Crippen LogP contribution is -2.33. The Labute approximate surface area is 187 Å². The standard InChI is InChI=1S/C26H26N4O2/c1-18-7-3-6-10-24(18)32-17-26(31)28-21-12-11-20(15-19(21)2)29-13-14-30-23-9-5-4-8-22(23)27-25(30)16-29/h3-12,15H,13-14,16-17H2,1-2H3,(H,28,31). The summed E-state index contributed by atoms with van der Waals surface area (Å²) in [4.78, 5) is 19.5. The molecule has 0 atom stereocenters. The average Bonchev–Trinajstić information content (AvgIpc) is 3.18. The molecule has 1 aliphatic rings. The van der Waals surface area contributed by atoms with Gasteiger partial charge in [-0.1, -0.05) is 30.3 Å². The number of rotatable bonds is 5. The Morgan fingerprint density at radius 1 is 1.00 bits per heavy atom. The summed E-state index contributed by atoms with van der Waals surface area (Å²) in [7, 11) is 0. The molecule has 1 N–H and O–H groups in total. The van der Waals surface area contributed by atoms with Crippen molar-refractivity contribution in [1.29, 1.82) is 0 Å². The molecule has 32 heavy (non-hydrogen) atoms. The zero-order valence-electron chi connectivity index (χ0n) is 18.3.